The minimum Gasteiger partial charge on any atom is -0.300 e. The van der Waals surface area contributed by atoms with Crippen molar-refractivity contribution >= 4 is 23.4 Å². The number of rotatable bonds is 4. The first-order valence-corrected chi connectivity index (χ1v) is 9.42. The van der Waals surface area contributed by atoms with Crippen molar-refractivity contribution in [1.82, 2.24) is 4.90 Å². The molecule has 2 aliphatic heterocycles. The maximum Gasteiger partial charge on any atom is 0.0406 e. The lowest BCUT2D eigenvalue weighted by Gasteiger charge is -2.44. The molecule has 2 saturated heterocycles. The summed E-state index contributed by atoms with van der Waals surface area (Å²) in [6.07, 6.45) is 7.14. The molecular weight excluding hydrogens is 286 g/mol. The Balaban J connectivity index is 1.48. The van der Waals surface area contributed by atoms with E-state index in [2.05, 4.69) is 28.8 Å². The molecular formula is C17H24ClNS. The van der Waals surface area contributed by atoms with Gasteiger partial charge < -0.3 is 4.90 Å². The molecule has 0 bridgehead atoms. The van der Waals surface area contributed by atoms with Crippen LogP contribution in [0, 0.1) is 5.92 Å². The number of thioether (sulfide) groups is 1. The minimum absolute atomic E-state index is 0.837. The van der Waals surface area contributed by atoms with Crippen molar-refractivity contribution in [3.63, 3.8) is 0 Å². The molecule has 0 aromatic heterocycles. The van der Waals surface area contributed by atoms with E-state index in [0.29, 0.717) is 0 Å². The number of benzene rings is 1. The Morgan fingerprint density at radius 2 is 1.85 bits per heavy atom. The molecule has 20 heavy (non-hydrogen) atoms. The van der Waals surface area contributed by atoms with Crippen LogP contribution >= 0.6 is 23.4 Å². The van der Waals surface area contributed by atoms with Gasteiger partial charge in [-0.3, -0.25) is 0 Å². The van der Waals surface area contributed by atoms with Crippen molar-refractivity contribution in [2.45, 2.75) is 43.9 Å². The second-order valence-corrected chi connectivity index (χ2v) is 7.61. The minimum atomic E-state index is 0.837. The van der Waals surface area contributed by atoms with Gasteiger partial charge in [0.05, 0.1) is 0 Å². The summed E-state index contributed by atoms with van der Waals surface area (Å²) in [5, 5.41) is 0.837. The molecule has 1 aromatic carbocycles. The van der Waals surface area contributed by atoms with E-state index in [1.54, 1.807) is 0 Å². The normalized spacial score (nSPS) is 27.2. The Bertz CT molecular complexity index is 418. The summed E-state index contributed by atoms with van der Waals surface area (Å²) in [5.41, 5.74) is 1.40. The van der Waals surface area contributed by atoms with Gasteiger partial charge >= 0.3 is 0 Å². The van der Waals surface area contributed by atoms with E-state index in [0.717, 1.165) is 22.7 Å². The van der Waals surface area contributed by atoms with Crippen molar-refractivity contribution in [3.05, 3.63) is 34.9 Å². The van der Waals surface area contributed by atoms with Crippen LogP contribution in [0.25, 0.3) is 0 Å². The molecule has 0 amide bonds. The zero-order chi connectivity index (χ0) is 13.8. The van der Waals surface area contributed by atoms with Crippen molar-refractivity contribution in [1.29, 1.82) is 0 Å². The predicted molar refractivity (Wildman–Crippen MR) is 89.6 cm³/mol. The van der Waals surface area contributed by atoms with Crippen LogP contribution in [-0.2, 0) is 5.75 Å². The number of nitrogens with zero attached hydrogens (tertiary/aromatic N) is 1. The van der Waals surface area contributed by atoms with Crippen molar-refractivity contribution < 1.29 is 0 Å². The lowest BCUT2D eigenvalue weighted by atomic mass is 9.85. The van der Waals surface area contributed by atoms with Crippen LogP contribution in [0.1, 0.15) is 37.7 Å². The summed E-state index contributed by atoms with van der Waals surface area (Å²) in [6.45, 7) is 2.70. The van der Waals surface area contributed by atoms with E-state index < -0.39 is 0 Å². The summed E-state index contributed by atoms with van der Waals surface area (Å²) < 4.78 is 0. The van der Waals surface area contributed by atoms with E-state index in [1.807, 2.05) is 12.1 Å². The Kier molecular flexibility index (Phi) is 5.30. The van der Waals surface area contributed by atoms with E-state index in [4.69, 9.17) is 11.6 Å². The second-order valence-electron chi connectivity index (χ2n) is 6.14. The van der Waals surface area contributed by atoms with Gasteiger partial charge in [-0.25, -0.2) is 0 Å². The summed E-state index contributed by atoms with van der Waals surface area (Å²) in [6, 6.07) is 9.20. The van der Waals surface area contributed by atoms with Gasteiger partial charge in [0, 0.05) is 16.8 Å². The molecule has 0 spiro atoms. The Labute approximate surface area is 132 Å². The predicted octanol–water partition coefficient (Wildman–Crippen LogP) is 4.84. The highest BCUT2D eigenvalue weighted by molar-refractivity contribution is 7.98. The zero-order valence-corrected chi connectivity index (χ0v) is 13.6. The largest absolute Gasteiger partial charge is 0.300 e. The molecule has 110 valence electrons. The van der Waals surface area contributed by atoms with E-state index in [1.165, 1.54) is 56.5 Å². The fourth-order valence-corrected chi connectivity index (χ4v) is 5.04. The van der Waals surface area contributed by atoms with E-state index in [9.17, 15) is 0 Å². The van der Waals surface area contributed by atoms with Crippen LogP contribution in [-0.4, -0.2) is 29.8 Å². The number of hydrogen-bond donors (Lipinski definition) is 0. The van der Waals surface area contributed by atoms with Crippen LogP contribution in [0.5, 0.6) is 0 Å². The van der Waals surface area contributed by atoms with Gasteiger partial charge in [0.15, 0.2) is 0 Å². The standard InChI is InChI=1S/C17H24ClNS/c18-16-8-6-14(7-9-16)12-20-13-15-4-3-11-19-10-2-1-5-17(15)19/h6-9,15,17H,1-5,10-13H2/t15-,17-/m1/s1. The van der Waals surface area contributed by atoms with Gasteiger partial charge in [-0.15, -0.1) is 0 Å². The fourth-order valence-electron chi connectivity index (χ4n) is 3.68. The Morgan fingerprint density at radius 3 is 2.70 bits per heavy atom. The Hall–Kier alpha value is -0.180. The molecule has 0 N–H and O–H groups in total. The third kappa shape index (κ3) is 3.72. The zero-order valence-electron chi connectivity index (χ0n) is 12.1. The van der Waals surface area contributed by atoms with Gasteiger partial charge in [-0.1, -0.05) is 30.2 Å². The van der Waals surface area contributed by atoms with Crippen LogP contribution in [0.2, 0.25) is 5.02 Å². The third-order valence-electron chi connectivity index (χ3n) is 4.74. The number of hydrogen-bond acceptors (Lipinski definition) is 2. The molecule has 2 aliphatic rings. The van der Waals surface area contributed by atoms with Crippen LogP contribution in [0.4, 0.5) is 0 Å². The molecule has 0 radical (unpaired) electrons. The first kappa shape index (κ1) is 14.7. The summed E-state index contributed by atoms with van der Waals surface area (Å²) in [4.78, 5) is 2.76. The number of piperidine rings is 2. The molecule has 1 nitrogen and oxygen atoms in total. The van der Waals surface area contributed by atoms with Gasteiger partial charge in [0.2, 0.25) is 0 Å². The molecule has 3 rings (SSSR count). The van der Waals surface area contributed by atoms with E-state index >= 15 is 0 Å². The summed E-state index contributed by atoms with van der Waals surface area (Å²) in [7, 11) is 0. The van der Waals surface area contributed by atoms with Gasteiger partial charge in [0.1, 0.15) is 0 Å². The average Bonchev–Trinajstić information content (AvgIpc) is 2.49. The summed E-state index contributed by atoms with van der Waals surface area (Å²) >= 11 is 8.04. The van der Waals surface area contributed by atoms with Gasteiger partial charge in [0.25, 0.3) is 0 Å². The molecule has 3 heteroatoms. The highest BCUT2D eigenvalue weighted by atomic mass is 35.5. The van der Waals surface area contributed by atoms with E-state index in [-0.39, 0.29) is 0 Å². The third-order valence-corrected chi connectivity index (χ3v) is 6.20. The first-order valence-electron chi connectivity index (χ1n) is 7.89. The summed E-state index contributed by atoms with van der Waals surface area (Å²) in [5.74, 6) is 3.37. The molecule has 0 saturated carbocycles. The van der Waals surface area contributed by atoms with Crippen LogP contribution in [0.15, 0.2) is 24.3 Å². The first-order chi connectivity index (χ1) is 9.83. The SMILES string of the molecule is Clc1ccc(CSC[C@H]2CCCN3CCCC[C@H]23)cc1. The van der Waals surface area contributed by atoms with Crippen molar-refractivity contribution in [2.24, 2.45) is 5.92 Å². The lowest BCUT2D eigenvalue weighted by Crippen LogP contribution is -2.48. The molecule has 0 aliphatic carbocycles. The smallest absolute Gasteiger partial charge is 0.0406 e. The highest BCUT2D eigenvalue weighted by Gasteiger charge is 2.32. The topological polar surface area (TPSA) is 3.24 Å². The quantitative estimate of drug-likeness (QED) is 0.783. The van der Waals surface area contributed by atoms with Crippen LogP contribution in [0.3, 0.4) is 0 Å². The Morgan fingerprint density at radius 1 is 1.05 bits per heavy atom. The van der Waals surface area contributed by atoms with Gasteiger partial charge in [-0.2, -0.15) is 11.8 Å². The molecule has 0 unspecified atom stereocenters. The van der Waals surface area contributed by atoms with Crippen molar-refractivity contribution in [2.75, 3.05) is 18.8 Å². The van der Waals surface area contributed by atoms with Crippen LogP contribution < -0.4 is 0 Å². The maximum absolute atomic E-state index is 5.93. The van der Waals surface area contributed by atoms with Gasteiger partial charge in [-0.05, 0) is 68.1 Å². The number of halogens is 1. The monoisotopic (exact) mass is 309 g/mol. The maximum atomic E-state index is 5.93. The highest BCUT2D eigenvalue weighted by Crippen LogP contribution is 2.33. The fraction of sp³-hybridized carbons (Fsp3) is 0.647. The molecule has 2 heterocycles. The number of fused-ring (bicyclic) bond motifs is 1. The molecule has 1 aromatic rings. The molecule has 2 fully saturated rings. The van der Waals surface area contributed by atoms with Crippen molar-refractivity contribution in [3.8, 4) is 0 Å². The lowest BCUT2D eigenvalue weighted by molar-refractivity contribution is 0.0693. The average molecular weight is 310 g/mol. The molecule has 2 atom stereocenters. The second kappa shape index (κ2) is 7.20.